The van der Waals surface area contributed by atoms with Gasteiger partial charge >= 0.3 is 106 Å². The number of aliphatic imine (C=N–C) groups is 2. The molecular weight excluding hydrogens is 1600 g/mol. The van der Waals surface area contributed by atoms with E-state index in [1.165, 1.54) is 0 Å². The van der Waals surface area contributed by atoms with E-state index in [9.17, 15) is 0 Å². The van der Waals surface area contributed by atoms with Crippen LogP contribution in [0.15, 0.2) is 373 Å². The summed E-state index contributed by atoms with van der Waals surface area (Å²) < 4.78 is 0. The molecule has 12 aromatic rings. The minimum Gasteiger partial charge on any atom is -0.674 e. The number of carboxylic acids is 2. The molecule has 0 spiro atoms. The third kappa shape index (κ3) is 14.6. The molecule has 0 fully saturated rings. The summed E-state index contributed by atoms with van der Waals surface area (Å²) in [6.07, 6.45) is 17.1. The van der Waals surface area contributed by atoms with Gasteiger partial charge < -0.3 is 40.8 Å². The van der Waals surface area contributed by atoms with Gasteiger partial charge in [-0.1, -0.05) is 339 Å². The molecule has 0 saturated heterocycles. The van der Waals surface area contributed by atoms with Crippen molar-refractivity contribution in [1.82, 2.24) is 19.9 Å². The quantitative estimate of drug-likeness (QED) is 0.141. The maximum absolute atomic E-state index is 9.10. The fourth-order valence-electron chi connectivity index (χ4n) is 13.7. The Bertz CT molecular complexity index is 5480. The second kappa shape index (κ2) is 31.8. The van der Waals surface area contributed by atoms with Crippen LogP contribution >= 0.6 is 0 Å². The second-order valence-corrected chi connectivity index (χ2v) is 24.5. The van der Waals surface area contributed by atoms with Gasteiger partial charge in [0, 0.05) is 0 Å². The van der Waals surface area contributed by atoms with Crippen molar-refractivity contribution in [3.63, 3.8) is 0 Å². The molecule has 8 aromatic carbocycles. The van der Waals surface area contributed by atoms with Crippen LogP contribution in [0.5, 0.6) is 0 Å². The first-order valence-corrected chi connectivity index (χ1v) is 33.5. The van der Waals surface area contributed by atoms with E-state index in [4.69, 9.17) is 60.4 Å². The first kappa shape index (κ1) is 70.2. The number of aromatic nitrogens is 4. The molecule has 0 aliphatic carbocycles. The molecule has 104 heavy (non-hydrogen) atoms. The van der Waals surface area contributed by atoms with Gasteiger partial charge in [0.05, 0.1) is 22.8 Å². The molecule has 2 unspecified atom stereocenters. The molecule has 4 aromatic heterocycles. The van der Waals surface area contributed by atoms with Gasteiger partial charge in [-0.05, 0) is 102 Å². The van der Waals surface area contributed by atoms with E-state index in [-0.39, 0.29) is 106 Å². The molecule has 6 aliphatic rings. The predicted molar refractivity (Wildman–Crippen MR) is 404 cm³/mol. The maximum atomic E-state index is 9.10. The molecule has 2 N–H and O–H groups in total. The van der Waals surface area contributed by atoms with E-state index in [2.05, 4.69) is 291 Å². The summed E-state index contributed by atoms with van der Waals surface area (Å²) in [5.74, 6) is -3.65. The van der Waals surface area contributed by atoms with Gasteiger partial charge in [-0.15, -0.1) is 55.6 Å². The number of hydrogen-bond donors (Lipinski definition) is 2. The van der Waals surface area contributed by atoms with Crippen molar-refractivity contribution in [2.24, 2.45) is 9.98 Å². The minimum atomic E-state index is -1.82. The number of aliphatic carboxylic acids is 2. The van der Waals surface area contributed by atoms with Crippen LogP contribution in [0.3, 0.4) is 0 Å². The molecule has 18 rings (SSSR count). The van der Waals surface area contributed by atoms with Gasteiger partial charge in [0.1, 0.15) is 0 Å². The Morgan fingerprint density at radius 1 is 0.269 bits per heavy atom. The Labute approximate surface area is 677 Å². The van der Waals surface area contributed by atoms with Crippen molar-refractivity contribution in [3.05, 3.63) is 462 Å². The van der Waals surface area contributed by atoms with E-state index in [0.29, 0.717) is 0 Å². The molecule has 2 radical (unpaired) electrons. The van der Waals surface area contributed by atoms with E-state index in [1.54, 1.807) is 0 Å². The van der Waals surface area contributed by atoms with E-state index in [0.717, 1.165) is 167 Å². The Balaban J connectivity index is 0.000000160. The van der Waals surface area contributed by atoms with Gasteiger partial charge in [0.2, 0.25) is 0 Å². The van der Waals surface area contributed by atoms with Crippen molar-refractivity contribution in [3.8, 4) is 0 Å². The fourth-order valence-corrected chi connectivity index (χ4v) is 13.7. The predicted octanol–water partition coefficient (Wildman–Crippen LogP) is 14.3. The second-order valence-electron chi connectivity index (χ2n) is 24.5. The number of hydrogen-bond acceptors (Lipinski definition) is 4. The van der Waals surface area contributed by atoms with Crippen LogP contribution in [-0.2, 0) is 9.59 Å². The SMILES string of the molecule is C1=C/C2=C(\c3ccccc3)c3ccc([n-]3)C(c3ccccc3)=C3C=CC([N-]3)/C(c3ccccc3)=c3/cc/c([n-]3)=C(\c3ccccc3)C1=N2.C1=C/C2=C(\c3ccccc3)c3ccc([n-]3)C(c3ccccc3)=C3C=CC([N-]3)/C(c3ccccc3)=c3/cc/c([n-]3)=C(\c3ccccc3)C1=N2.O=C(O)C(=O)O.[Yb+3].[Yb+3]. The molecule has 10 heterocycles. The van der Waals surface area contributed by atoms with Crippen LogP contribution in [0.4, 0.5) is 0 Å². The summed E-state index contributed by atoms with van der Waals surface area (Å²) >= 11 is 0. The normalized spacial score (nSPS) is 19.4. The van der Waals surface area contributed by atoms with Crippen molar-refractivity contribution in [2.45, 2.75) is 12.1 Å². The number of rotatable bonds is 8. The molecule has 2 atom stereocenters. The Morgan fingerprint density at radius 3 is 0.827 bits per heavy atom. The zero-order valence-corrected chi connectivity index (χ0v) is 58.7. The number of carbonyl (C=O) groups is 2. The third-order valence-corrected chi connectivity index (χ3v) is 18.2. The van der Waals surface area contributed by atoms with Crippen LogP contribution in [0.1, 0.15) is 67.3 Å². The molecular formula is C90H60N8O4Yb2. The molecule has 14 heteroatoms. The van der Waals surface area contributed by atoms with Crippen LogP contribution in [0.25, 0.3) is 55.2 Å². The number of benzene rings is 8. The maximum Gasteiger partial charge on any atom is 3.00 e. The van der Waals surface area contributed by atoms with Crippen molar-refractivity contribution in [2.75, 3.05) is 0 Å². The summed E-state index contributed by atoms with van der Waals surface area (Å²) in [6, 6.07) is 100.0. The molecule has 12 nitrogen and oxygen atoms in total. The largest absolute Gasteiger partial charge is 3.00 e. The number of fused-ring (bicyclic) bond motifs is 14. The third-order valence-electron chi connectivity index (χ3n) is 18.2. The average Bonchev–Trinajstić information content (AvgIpc) is 1.62. The van der Waals surface area contributed by atoms with Crippen molar-refractivity contribution in [1.29, 1.82) is 0 Å². The Morgan fingerprint density at radius 2 is 0.529 bits per heavy atom. The Kier molecular flexibility index (Phi) is 21.5. The number of nitrogens with zero attached hydrogens (tertiary/aromatic N) is 8. The topological polar surface area (TPSA) is 184 Å². The zero-order valence-electron chi connectivity index (χ0n) is 55.3. The fraction of sp³-hybridized carbons (Fsp3) is 0.0222. The van der Waals surface area contributed by atoms with Crippen molar-refractivity contribution < 1.29 is 114 Å². The molecule has 512 valence electrons. The summed E-state index contributed by atoms with van der Waals surface area (Å²) in [4.78, 5) is 50.1. The van der Waals surface area contributed by atoms with Crippen LogP contribution in [0.2, 0.25) is 0 Å². The van der Waals surface area contributed by atoms with Crippen molar-refractivity contribution >= 4 is 67.9 Å². The number of carboxylic acid groups (broad SMARTS) is 2. The summed E-state index contributed by atoms with van der Waals surface area (Å²) in [7, 11) is 0. The van der Waals surface area contributed by atoms with Gasteiger partial charge in [0.25, 0.3) is 0 Å². The first-order valence-electron chi connectivity index (χ1n) is 33.5. The van der Waals surface area contributed by atoms with Gasteiger partial charge in [0.15, 0.2) is 0 Å². The van der Waals surface area contributed by atoms with Gasteiger partial charge in [-0.25, -0.2) is 19.6 Å². The van der Waals surface area contributed by atoms with Crippen LogP contribution in [0, 0.1) is 93.8 Å². The van der Waals surface area contributed by atoms with Crippen LogP contribution < -0.4 is 41.3 Å². The Hall–Kier alpha value is -10.8. The van der Waals surface area contributed by atoms with Gasteiger partial charge in [-0.3, -0.25) is 0 Å². The summed E-state index contributed by atoms with van der Waals surface area (Å²) in [5.41, 5.74) is 25.4. The summed E-state index contributed by atoms with van der Waals surface area (Å²) in [5, 5.41) is 29.1. The number of allylic oxidation sites excluding steroid dienone is 6. The molecule has 0 amide bonds. The summed E-state index contributed by atoms with van der Waals surface area (Å²) in [6.45, 7) is 0. The average molecular weight is 1660 g/mol. The first-order chi connectivity index (χ1) is 50.2. The standard InChI is InChI=1S/2C44H29N4.C2H2O4.2Yb/c2*1-5-13-29(14-6-1)41-33-21-23-35(45-33)42(30-15-7-2-8-16-30)37-25-27-39(47-37)44(32-19-11-4-12-20-32)40-28-26-38(48-40)43(31-17-9-3-10-18-31)36-24-22-34(41)46-36;3-1(4)2(5)6;;/h2*1-28,33H;(H,3,4)(H,5,6);;/q2*-3;;2*+3/b2*41-34-,42-35?,43-36-,44-40-;;;. The van der Waals surface area contributed by atoms with E-state index < -0.39 is 11.9 Å². The van der Waals surface area contributed by atoms with E-state index in [1.807, 2.05) is 48.5 Å². The minimum absolute atomic E-state index is 0. The smallest absolute Gasteiger partial charge is 0.674 e. The zero-order chi connectivity index (χ0) is 68.9. The van der Waals surface area contributed by atoms with Gasteiger partial charge in [-0.2, -0.15) is 0 Å². The molecule has 16 bridgehead atoms. The molecule has 6 aliphatic heterocycles. The van der Waals surface area contributed by atoms with E-state index >= 15 is 0 Å². The molecule has 0 saturated carbocycles. The monoisotopic (exact) mass is 1660 g/mol. The van der Waals surface area contributed by atoms with Crippen LogP contribution in [-0.4, -0.2) is 45.7 Å².